The molecule has 0 aromatic heterocycles. The molecule has 12 heteroatoms. The van der Waals surface area contributed by atoms with Crippen LogP contribution in [0.5, 0.6) is 11.5 Å². The van der Waals surface area contributed by atoms with E-state index in [2.05, 4.69) is 10.6 Å². The number of carbonyl (C=O) groups is 2. The highest BCUT2D eigenvalue weighted by atomic mass is 16.6. The van der Waals surface area contributed by atoms with Gasteiger partial charge in [-0.3, -0.25) is 19.7 Å². The first-order valence-corrected chi connectivity index (χ1v) is 13.5. The van der Waals surface area contributed by atoms with Crippen LogP contribution < -0.4 is 20.1 Å². The lowest BCUT2D eigenvalue weighted by molar-refractivity contribution is -0.384. The fourth-order valence-electron chi connectivity index (χ4n) is 3.93. The number of ether oxygens (including phenoxy) is 5. The van der Waals surface area contributed by atoms with E-state index in [1.165, 1.54) is 6.07 Å². The van der Waals surface area contributed by atoms with Crippen molar-refractivity contribution in [2.75, 3.05) is 52.9 Å². The molecule has 6 bridgehead atoms. The van der Waals surface area contributed by atoms with E-state index in [1.807, 2.05) is 0 Å². The summed E-state index contributed by atoms with van der Waals surface area (Å²) in [6.07, 6.45) is 0. The van der Waals surface area contributed by atoms with Crippen molar-refractivity contribution in [1.29, 1.82) is 0 Å². The van der Waals surface area contributed by atoms with Crippen LogP contribution in [-0.2, 0) is 27.3 Å². The lowest BCUT2D eigenvalue weighted by Crippen LogP contribution is -2.25. The molecule has 3 aromatic rings. The van der Waals surface area contributed by atoms with Gasteiger partial charge < -0.3 is 34.3 Å². The van der Waals surface area contributed by atoms with E-state index in [0.717, 1.165) is 23.3 Å². The summed E-state index contributed by atoms with van der Waals surface area (Å²) in [7, 11) is 0. The van der Waals surface area contributed by atoms with Crippen molar-refractivity contribution < 1.29 is 38.2 Å². The summed E-state index contributed by atoms with van der Waals surface area (Å²) in [6, 6.07) is 17.9. The van der Waals surface area contributed by atoms with E-state index >= 15 is 0 Å². The largest absolute Gasteiger partial charge is 0.491 e. The molecule has 4 aliphatic rings. The van der Waals surface area contributed by atoms with Crippen LogP contribution in [0.2, 0.25) is 0 Å². The summed E-state index contributed by atoms with van der Waals surface area (Å²) in [6.45, 7) is 3.67. The van der Waals surface area contributed by atoms with Gasteiger partial charge in [-0.05, 0) is 41.5 Å². The average molecular weight is 580 g/mol. The Bertz CT molecular complexity index is 1240. The number of nitrogens with one attached hydrogen (secondary N) is 2. The monoisotopic (exact) mass is 579 g/mol. The molecule has 222 valence electrons. The number of non-ortho nitro benzene ring substituents is 1. The van der Waals surface area contributed by atoms with Gasteiger partial charge in [0.25, 0.3) is 17.5 Å². The second-order valence-corrected chi connectivity index (χ2v) is 9.21. The molecule has 42 heavy (non-hydrogen) atoms. The zero-order valence-corrected chi connectivity index (χ0v) is 23.0. The predicted molar refractivity (Wildman–Crippen MR) is 152 cm³/mol. The third-order valence-corrected chi connectivity index (χ3v) is 6.14. The lowest BCUT2D eigenvalue weighted by atomic mass is 10.1. The van der Waals surface area contributed by atoms with Gasteiger partial charge in [0.15, 0.2) is 0 Å². The van der Waals surface area contributed by atoms with E-state index in [9.17, 15) is 19.7 Å². The maximum absolute atomic E-state index is 12.9. The number of carbonyl (C=O) groups excluding carboxylic acids is 2. The Labute approximate surface area is 243 Å². The normalized spacial score (nSPS) is 16.4. The summed E-state index contributed by atoms with van der Waals surface area (Å²) in [5, 5.41) is 17.0. The smallest absolute Gasteiger partial charge is 0.271 e. The minimum atomic E-state index is -0.638. The predicted octanol–water partition coefficient (Wildman–Crippen LogP) is 3.28. The topological polar surface area (TPSA) is 147 Å². The van der Waals surface area contributed by atoms with E-state index < -0.39 is 16.7 Å². The number of nitrogens with zero attached hydrogens (tertiary/aromatic N) is 1. The number of hydrogen-bond donors (Lipinski definition) is 2. The molecule has 4 aliphatic heterocycles. The highest BCUT2D eigenvalue weighted by Crippen LogP contribution is 2.19. The van der Waals surface area contributed by atoms with Crippen molar-refractivity contribution in [3.8, 4) is 11.5 Å². The Morgan fingerprint density at radius 1 is 0.571 bits per heavy atom. The van der Waals surface area contributed by atoms with Crippen LogP contribution in [0.4, 0.5) is 5.69 Å². The Hall–Kier alpha value is -4.52. The molecule has 12 nitrogen and oxygen atoms in total. The van der Waals surface area contributed by atoms with Crippen LogP contribution in [0.15, 0.2) is 66.7 Å². The lowest BCUT2D eigenvalue weighted by Gasteiger charge is -2.11. The highest BCUT2D eigenvalue weighted by Gasteiger charge is 2.18. The zero-order chi connectivity index (χ0) is 29.6. The van der Waals surface area contributed by atoms with Crippen LogP contribution >= 0.6 is 0 Å². The third-order valence-electron chi connectivity index (χ3n) is 6.14. The standard InChI is InChI=1S/C30H33N3O9/c34-29-24-17-25(19-26(18-24)33(36)37)30(35)32-21-23-3-7-28(8-4-23)42-16-14-40-12-10-38-9-11-39-13-15-41-27-5-1-22(2-6-27)20-31-29/h1-8,17-19H,9-16,20-21H2,(H,31,34)(H,32,35). The number of rotatable bonds is 1. The van der Waals surface area contributed by atoms with Gasteiger partial charge in [-0.1, -0.05) is 24.3 Å². The van der Waals surface area contributed by atoms with Crippen molar-refractivity contribution >= 4 is 17.5 Å². The van der Waals surface area contributed by atoms with Gasteiger partial charge in [-0.2, -0.15) is 0 Å². The molecule has 0 fully saturated rings. The average Bonchev–Trinajstić information content (AvgIpc) is 3.01. The van der Waals surface area contributed by atoms with Gasteiger partial charge in [-0.15, -0.1) is 0 Å². The van der Waals surface area contributed by atoms with Crippen LogP contribution in [-0.4, -0.2) is 69.6 Å². The zero-order valence-electron chi connectivity index (χ0n) is 23.0. The first kappa shape index (κ1) is 30.4. The van der Waals surface area contributed by atoms with Crippen molar-refractivity contribution in [1.82, 2.24) is 10.6 Å². The SMILES string of the molecule is O=C1NCc2ccc(cc2)OCCOCCOCCOCCOc2ccc(cc2)CNC(=O)c2cc1cc([N+](=O)[O-])c2. The molecule has 0 atom stereocenters. The van der Waals surface area contributed by atoms with Crippen molar-refractivity contribution in [3.63, 3.8) is 0 Å². The summed E-state index contributed by atoms with van der Waals surface area (Å²) < 4.78 is 27.9. The first-order valence-electron chi connectivity index (χ1n) is 13.5. The summed E-state index contributed by atoms with van der Waals surface area (Å²) >= 11 is 0. The Morgan fingerprint density at radius 3 is 1.33 bits per heavy atom. The van der Waals surface area contributed by atoms with Gasteiger partial charge in [0, 0.05) is 36.3 Å². The quantitative estimate of drug-likeness (QED) is 0.327. The Kier molecular flexibility index (Phi) is 11.6. The van der Waals surface area contributed by atoms with Gasteiger partial charge >= 0.3 is 0 Å². The van der Waals surface area contributed by atoms with E-state index in [-0.39, 0.29) is 29.9 Å². The molecule has 0 saturated carbocycles. The molecule has 0 radical (unpaired) electrons. The number of amides is 2. The molecule has 7 rings (SSSR count). The molecule has 2 amide bonds. The van der Waals surface area contributed by atoms with E-state index in [0.29, 0.717) is 64.4 Å². The third kappa shape index (κ3) is 9.84. The fourth-order valence-corrected chi connectivity index (χ4v) is 3.93. The minimum absolute atomic E-state index is 0.00449. The number of nitro groups is 1. The molecule has 0 aliphatic carbocycles. The Balaban J connectivity index is 1.43. The highest BCUT2D eigenvalue weighted by molar-refractivity contribution is 6.00. The van der Waals surface area contributed by atoms with Crippen LogP contribution in [0.3, 0.4) is 0 Å². The second kappa shape index (κ2) is 16.1. The second-order valence-electron chi connectivity index (χ2n) is 9.21. The first-order chi connectivity index (χ1) is 20.5. The molecular formula is C30H33N3O9. The molecular weight excluding hydrogens is 546 g/mol. The minimum Gasteiger partial charge on any atom is -0.491 e. The molecule has 0 unspecified atom stereocenters. The number of nitro benzene ring substituents is 1. The maximum Gasteiger partial charge on any atom is 0.271 e. The summed E-state index contributed by atoms with van der Waals surface area (Å²) in [5.74, 6) is 0.205. The molecule has 0 saturated heterocycles. The van der Waals surface area contributed by atoms with E-state index in [4.69, 9.17) is 23.7 Å². The molecule has 3 aromatic carbocycles. The van der Waals surface area contributed by atoms with Crippen molar-refractivity contribution in [2.45, 2.75) is 13.1 Å². The van der Waals surface area contributed by atoms with Crippen molar-refractivity contribution in [2.24, 2.45) is 0 Å². The van der Waals surface area contributed by atoms with Gasteiger partial charge in [0.2, 0.25) is 0 Å². The van der Waals surface area contributed by atoms with Gasteiger partial charge in [0.1, 0.15) is 24.7 Å². The molecule has 0 spiro atoms. The van der Waals surface area contributed by atoms with Gasteiger partial charge in [-0.25, -0.2) is 0 Å². The Morgan fingerprint density at radius 2 is 0.952 bits per heavy atom. The maximum atomic E-state index is 12.9. The number of benzene rings is 3. The summed E-state index contributed by atoms with van der Waals surface area (Å²) in [5.41, 5.74) is 1.25. The summed E-state index contributed by atoms with van der Waals surface area (Å²) in [4.78, 5) is 36.6. The van der Waals surface area contributed by atoms with E-state index in [1.54, 1.807) is 48.5 Å². The van der Waals surface area contributed by atoms with Crippen LogP contribution in [0.1, 0.15) is 31.8 Å². The van der Waals surface area contributed by atoms with Crippen LogP contribution in [0.25, 0.3) is 0 Å². The fraction of sp³-hybridized carbons (Fsp3) is 0.333. The number of hydrogen-bond acceptors (Lipinski definition) is 9. The van der Waals surface area contributed by atoms with Crippen LogP contribution in [0, 0.1) is 10.1 Å². The van der Waals surface area contributed by atoms with Crippen molar-refractivity contribution in [3.05, 3.63) is 99.1 Å². The molecule has 4 heterocycles. The molecule has 2 N–H and O–H groups in total. The van der Waals surface area contributed by atoms with Gasteiger partial charge in [0.05, 0.1) is 44.6 Å².